The minimum Gasteiger partial charge on any atom is -0.394 e. The quantitative estimate of drug-likeness (QED) is 0.0308. The molecule has 0 spiro atoms. The third-order valence-corrected chi connectivity index (χ3v) is 16.5. The molecule has 0 saturated heterocycles. The monoisotopic (exact) mass is 1050 g/mol. The van der Waals surface area contributed by atoms with E-state index < -0.39 is 36.9 Å². The number of unbranched alkanes of at least 4 members (excludes halogenated alkanes) is 53. The minimum absolute atomic E-state index is 0.369. The van der Waals surface area contributed by atoms with Gasteiger partial charge in [-0.2, -0.15) is 0 Å². The lowest BCUT2D eigenvalue weighted by atomic mass is 10.00. The van der Waals surface area contributed by atoms with E-state index in [0.717, 1.165) is 38.5 Å². The maximum absolute atomic E-state index is 12.6. The first-order chi connectivity index (χ1) is 36.5. The molecule has 5 N–H and O–H groups in total. The van der Waals surface area contributed by atoms with Gasteiger partial charge in [-0.1, -0.05) is 360 Å². The SMILES string of the molecule is CCCCCCCCCCCCCCCCCCC/C=C/CCCC(O)C(O)C(CO)NC(=O)C(O)CCCCCCCCCCCCCCCCCCCCCCCCCCCCCCCCCCCCCC. The molecule has 442 valence electrons. The van der Waals surface area contributed by atoms with Gasteiger partial charge in [-0.05, 0) is 38.5 Å². The Morgan fingerprint density at radius 1 is 0.324 bits per heavy atom. The molecule has 0 aliphatic rings. The number of allylic oxidation sites excluding steroid dienone is 2. The molecule has 4 unspecified atom stereocenters. The number of rotatable bonds is 64. The van der Waals surface area contributed by atoms with Crippen LogP contribution in [0.5, 0.6) is 0 Å². The number of carbonyl (C=O) groups is 1. The minimum atomic E-state index is -1.28. The van der Waals surface area contributed by atoms with Crippen LogP contribution in [0.2, 0.25) is 0 Å². The molecule has 0 heterocycles. The number of aliphatic hydroxyl groups excluding tert-OH is 4. The zero-order chi connectivity index (χ0) is 53.7. The van der Waals surface area contributed by atoms with Crippen molar-refractivity contribution in [1.29, 1.82) is 0 Å². The number of carbonyl (C=O) groups excluding carboxylic acids is 1. The van der Waals surface area contributed by atoms with Crippen LogP contribution in [-0.2, 0) is 4.79 Å². The van der Waals surface area contributed by atoms with Crippen molar-refractivity contribution in [3.8, 4) is 0 Å². The normalized spacial score (nSPS) is 13.5. The fraction of sp³-hybridized carbons (Fsp3) is 0.956. The highest BCUT2D eigenvalue weighted by Crippen LogP contribution is 2.20. The first-order valence-corrected chi connectivity index (χ1v) is 34.1. The Kier molecular flexibility index (Phi) is 62.1. The molecule has 0 aromatic rings. The van der Waals surface area contributed by atoms with E-state index in [4.69, 9.17) is 0 Å². The second-order valence-corrected chi connectivity index (χ2v) is 23.9. The van der Waals surface area contributed by atoms with Crippen molar-refractivity contribution in [1.82, 2.24) is 5.32 Å². The van der Waals surface area contributed by atoms with Gasteiger partial charge in [0.2, 0.25) is 5.91 Å². The number of nitrogens with one attached hydrogen (secondary N) is 1. The molecule has 0 fully saturated rings. The van der Waals surface area contributed by atoms with Crippen LogP contribution in [0.15, 0.2) is 12.2 Å². The zero-order valence-corrected chi connectivity index (χ0v) is 50.4. The van der Waals surface area contributed by atoms with Crippen molar-refractivity contribution in [2.75, 3.05) is 6.61 Å². The average Bonchev–Trinajstić information content (AvgIpc) is 3.41. The Morgan fingerprint density at radius 3 is 0.811 bits per heavy atom. The largest absolute Gasteiger partial charge is 0.394 e. The summed E-state index contributed by atoms with van der Waals surface area (Å²) in [6.07, 6.45) is 77.7. The van der Waals surface area contributed by atoms with Crippen molar-refractivity contribution in [2.24, 2.45) is 0 Å². The van der Waals surface area contributed by atoms with Gasteiger partial charge in [-0.15, -0.1) is 0 Å². The van der Waals surface area contributed by atoms with Gasteiger partial charge in [0.15, 0.2) is 0 Å². The third kappa shape index (κ3) is 55.8. The van der Waals surface area contributed by atoms with E-state index in [1.165, 1.54) is 321 Å². The Balaban J connectivity index is 3.51. The van der Waals surface area contributed by atoms with Crippen LogP contribution in [0, 0.1) is 0 Å². The van der Waals surface area contributed by atoms with E-state index >= 15 is 0 Å². The molecule has 0 rings (SSSR count). The second kappa shape index (κ2) is 62.9. The van der Waals surface area contributed by atoms with E-state index in [-0.39, 0.29) is 0 Å². The Hall–Kier alpha value is -0.950. The summed E-state index contributed by atoms with van der Waals surface area (Å²) >= 11 is 0. The Labute approximate surface area is 463 Å². The van der Waals surface area contributed by atoms with E-state index in [0.29, 0.717) is 12.8 Å². The molecule has 1 amide bonds. The highest BCUT2D eigenvalue weighted by molar-refractivity contribution is 5.80. The van der Waals surface area contributed by atoms with Crippen LogP contribution in [-0.4, -0.2) is 57.3 Å². The van der Waals surface area contributed by atoms with Gasteiger partial charge < -0.3 is 25.7 Å². The molecule has 0 aliphatic heterocycles. The molecule has 0 saturated carbocycles. The van der Waals surface area contributed by atoms with Gasteiger partial charge >= 0.3 is 0 Å². The Morgan fingerprint density at radius 2 is 0.554 bits per heavy atom. The van der Waals surface area contributed by atoms with Crippen LogP contribution in [0.25, 0.3) is 0 Å². The number of amides is 1. The summed E-state index contributed by atoms with van der Waals surface area (Å²) in [6.45, 7) is 4.10. The lowest BCUT2D eigenvalue weighted by Gasteiger charge is -2.27. The molecule has 0 bridgehead atoms. The summed E-state index contributed by atoms with van der Waals surface area (Å²) < 4.78 is 0. The van der Waals surface area contributed by atoms with E-state index in [1.54, 1.807) is 0 Å². The standard InChI is InChI=1S/C68H135NO5/c1-3-5-7-9-11-13-15-17-19-21-23-25-27-28-29-30-31-32-33-34-35-36-37-38-39-40-42-44-46-48-50-52-54-56-58-60-62-66(72)68(74)69-64(63-70)67(73)65(71)61-59-57-55-53-51-49-47-45-43-41-26-24-22-20-18-16-14-12-10-8-6-4-2/h53,55,64-67,70-73H,3-52,54,56-63H2,1-2H3,(H,69,74)/b55-53+. The summed E-state index contributed by atoms with van der Waals surface area (Å²) in [7, 11) is 0. The Bertz CT molecular complexity index is 1080. The van der Waals surface area contributed by atoms with Gasteiger partial charge in [0, 0.05) is 0 Å². The van der Waals surface area contributed by atoms with Gasteiger partial charge in [-0.25, -0.2) is 0 Å². The van der Waals surface area contributed by atoms with Gasteiger partial charge in [0.05, 0.1) is 18.8 Å². The molecule has 6 nitrogen and oxygen atoms in total. The molecule has 74 heavy (non-hydrogen) atoms. The fourth-order valence-electron chi connectivity index (χ4n) is 11.2. The number of hydrogen-bond donors (Lipinski definition) is 5. The summed E-state index contributed by atoms with van der Waals surface area (Å²) in [5, 5.41) is 44.1. The number of aliphatic hydroxyl groups is 4. The molecule has 6 heteroatoms. The molecule has 0 aromatic heterocycles. The lowest BCUT2D eigenvalue weighted by Crippen LogP contribution is -2.53. The van der Waals surface area contributed by atoms with Crippen molar-refractivity contribution in [3.63, 3.8) is 0 Å². The summed E-state index contributed by atoms with van der Waals surface area (Å²) in [6, 6.07) is -1.000. The van der Waals surface area contributed by atoms with Crippen LogP contribution in [0.3, 0.4) is 0 Å². The van der Waals surface area contributed by atoms with Crippen LogP contribution in [0.4, 0.5) is 0 Å². The van der Waals surface area contributed by atoms with Gasteiger partial charge in [0.25, 0.3) is 0 Å². The van der Waals surface area contributed by atoms with E-state index in [9.17, 15) is 25.2 Å². The van der Waals surface area contributed by atoms with Crippen LogP contribution in [0.1, 0.15) is 386 Å². The molecule has 4 atom stereocenters. The second-order valence-electron chi connectivity index (χ2n) is 23.9. The maximum Gasteiger partial charge on any atom is 0.249 e. The predicted octanol–water partition coefficient (Wildman–Crippen LogP) is 20.8. The molecule has 0 radical (unpaired) electrons. The van der Waals surface area contributed by atoms with Gasteiger partial charge in [0.1, 0.15) is 12.2 Å². The third-order valence-electron chi connectivity index (χ3n) is 16.5. The van der Waals surface area contributed by atoms with Gasteiger partial charge in [-0.3, -0.25) is 4.79 Å². The first kappa shape index (κ1) is 73.0. The molecule has 0 aliphatic carbocycles. The lowest BCUT2D eigenvalue weighted by molar-refractivity contribution is -0.132. The summed E-state index contributed by atoms with van der Waals surface area (Å²) in [4.78, 5) is 12.6. The molecule has 0 aromatic carbocycles. The predicted molar refractivity (Wildman–Crippen MR) is 325 cm³/mol. The topological polar surface area (TPSA) is 110 Å². The van der Waals surface area contributed by atoms with Crippen molar-refractivity contribution in [2.45, 2.75) is 411 Å². The smallest absolute Gasteiger partial charge is 0.249 e. The average molecular weight is 1050 g/mol. The van der Waals surface area contributed by atoms with E-state index in [2.05, 4.69) is 31.3 Å². The molecular weight excluding hydrogens is 911 g/mol. The van der Waals surface area contributed by atoms with Crippen LogP contribution < -0.4 is 5.32 Å². The maximum atomic E-state index is 12.6. The molecular formula is C68H135NO5. The zero-order valence-electron chi connectivity index (χ0n) is 50.4. The van der Waals surface area contributed by atoms with Crippen LogP contribution >= 0.6 is 0 Å². The highest BCUT2D eigenvalue weighted by atomic mass is 16.3. The number of hydrogen-bond acceptors (Lipinski definition) is 5. The first-order valence-electron chi connectivity index (χ1n) is 34.1. The van der Waals surface area contributed by atoms with Crippen molar-refractivity contribution < 1.29 is 25.2 Å². The van der Waals surface area contributed by atoms with Crippen molar-refractivity contribution >= 4 is 5.91 Å². The summed E-state index contributed by atoms with van der Waals surface area (Å²) in [5.41, 5.74) is 0. The van der Waals surface area contributed by atoms with E-state index in [1.807, 2.05) is 0 Å². The fourth-order valence-corrected chi connectivity index (χ4v) is 11.2. The van der Waals surface area contributed by atoms with Crippen molar-refractivity contribution in [3.05, 3.63) is 12.2 Å². The highest BCUT2D eigenvalue weighted by Gasteiger charge is 2.28. The summed E-state index contributed by atoms with van der Waals surface area (Å²) in [5.74, 6) is -0.584.